The second-order valence-corrected chi connectivity index (χ2v) is 6.94. The van der Waals surface area contributed by atoms with E-state index in [9.17, 15) is 9.59 Å². The highest BCUT2D eigenvalue weighted by atomic mass is 16.2. The van der Waals surface area contributed by atoms with E-state index in [0.717, 1.165) is 41.2 Å². The number of amides is 1. The highest BCUT2D eigenvalue weighted by Crippen LogP contribution is 2.23. The first-order valence-corrected chi connectivity index (χ1v) is 9.61. The summed E-state index contributed by atoms with van der Waals surface area (Å²) < 4.78 is 0. The van der Waals surface area contributed by atoms with E-state index in [0.29, 0.717) is 5.56 Å². The molecule has 0 aliphatic rings. The molecular formula is C23H30N2O2. The summed E-state index contributed by atoms with van der Waals surface area (Å²) in [5.41, 5.74) is 5.90. The molecule has 1 amide bonds. The third kappa shape index (κ3) is 5.43. The molecule has 144 valence electrons. The fourth-order valence-electron chi connectivity index (χ4n) is 3.07. The van der Waals surface area contributed by atoms with E-state index in [4.69, 9.17) is 0 Å². The van der Waals surface area contributed by atoms with Gasteiger partial charge in [0.05, 0.1) is 0 Å². The van der Waals surface area contributed by atoms with Gasteiger partial charge in [0.25, 0.3) is 0 Å². The molecule has 0 fully saturated rings. The lowest BCUT2D eigenvalue weighted by molar-refractivity contribution is -0.116. The lowest BCUT2D eigenvalue weighted by Crippen LogP contribution is -2.22. The lowest BCUT2D eigenvalue weighted by atomic mass is 10.0. The summed E-state index contributed by atoms with van der Waals surface area (Å²) in [6, 6.07) is 11.7. The van der Waals surface area contributed by atoms with Crippen molar-refractivity contribution in [3.05, 3.63) is 58.7 Å². The number of carbonyl (C=O) groups excluding carboxylic acids is 2. The molecule has 2 rings (SSSR count). The van der Waals surface area contributed by atoms with Crippen molar-refractivity contribution in [3.8, 4) is 0 Å². The molecule has 2 aromatic rings. The first kappa shape index (κ1) is 20.7. The Labute approximate surface area is 162 Å². The molecular weight excluding hydrogens is 336 g/mol. The number of nitrogens with zero attached hydrogens (tertiary/aromatic N) is 1. The van der Waals surface area contributed by atoms with E-state index in [1.54, 1.807) is 0 Å². The van der Waals surface area contributed by atoms with Crippen LogP contribution in [0.1, 0.15) is 53.7 Å². The molecule has 0 unspecified atom stereocenters. The van der Waals surface area contributed by atoms with Crippen molar-refractivity contribution in [2.45, 2.75) is 47.5 Å². The zero-order chi connectivity index (χ0) is 20.0. The fourth-order valence-corrected chi connectivity index (χ4v) is 3.07. The van der Waals surface area contributed by atoms with Crippen molar-refractivity contribution < 1.29 is 9.59 Å². The molecule has 0 heterocycles. The van der Waals surface area contributed by atoms with Crippen molar-refractivity contribution in [1.82, 2.24) is 0 Å². The van der Waals surface area contributed by atoms with Gasteiger partial charge in [-0.05, 0) is 75.6 Å². The third-order valence-electron chi connectivity index (χ3n) is 5.02. The Hall–Kier alpha value is -2.62. The summed E-state index contributed by atoms with van der Waals surface area (Å²) in [4.78, 5) is 26.9. The molecule has 0 aliphatic heterocycles. The van der Waals surface area contributed by atoms with Gasteiger partial charge in [-0.2, -0.15) is 0 Å². The molecule has 0 bridgehead atoms. The predicted octanol–water partition coefficient (Wildman–Crippen LogP) is 5.06. The third-order valence-corrected chi connectivity index (χ3v) is 5.02. The Morgan fingerprint density at radius 1 is 0.852 bits per heavy atom. The fraction of sp³-hybridized carbons (Fsp3) is 0.391. The van der Waals surface area contributed by atoms with Gasteiger partial charge in [0.1, 0.15) is 0 Å². The van der Waals surface area contributed by atoms with Gasteiger partial charge in [-0.15, -0.1) is 0 Å². The van der Waals surface area contributed by atoms with Crippen molar-refractivity contribution >= 4 is 23.1 Å². The largest absolute Gasteiger partial charge is 0.372 e. The van der Waals surface area contributed by atoms with Crippen LogP contribution in [-0.4, -0.2) is 24.8 Å². The van der Waals surface area contributed by atoms with Crippen LogP contribution in [0, 0.1) is 20.8 Å². The number of benzene rings is 2. The highest BCUT2D eigenvalue weighted by molar-refractivity contribution is 6.00. The van der Waals surface area contributed by atoms with Crippen LogP contribution < -0.4 is 10.2 Å². The molecule has 0 spiro atoms. The Balaban J connectivity index is 1.95. The highest BCUT2D eigenvalue weighted by Gasteiger charge is 2.12. The Morgan fingerprint density at radius 3 is 2.15 bits per heavy atom. The first-order valence-electron chi connectivity index (χ1n) is 9.61. The van der Waals surface area contributed by atoms with Crippen molar-refractivity contribution in [1.29, 1.82) is 0 Å². The summed E-state index contributed by atoms with van der Waals surface area (Å²) in [5.74, 6) is -0.132. The molecule has 4 heteroatoms. The van der Waals surface area contributed by atoms with Gasteiger partial charge in [-0.25, -0.2) is 0 Å². The van der Waals surface area contributed by atoms with Crippen LogP contribution in [0.25, 0.3) is 0 Å². The summed E-state index contributed by atoms with van der Waals surface area (Å²) in [7, 11) is 0. The monoisotopic (exact) mass is 366 g/mol. The van der Waals surface area contributed by atoms with Gasteiger partial charge in [0.15, 0.2) is 5.78 Å². The minimum Gasteiger partial charge on any atom is -0.372 e. The number of hydrogen-bond acceptors (Lipinski definition) is 3. The first-order chi connectivity index (χ1) is 12.8. The molecule has 0 aliphatic carbocycles. The van der Waals surface area contributed by atoms with Crippen LogP contribution >= 0.6 is 0 Å². The Kier molecular flexibility index (Phi) is 7.17. The average molecular weight is 367 g/mol. The van der Waals surface area contributed by atoms with Crippen molar-refractivity contribution in [3.63, 3.8) is 0 Å². The number of anilines is 2. The minimum absolute atomic E-state index is 0.00172. The number of rotatable bonds is 8. The molecule has 2 aromatic carbocycles. The molecule has 0 saturated carbocycles. The van der Waals surface area contributed by atoms with Crippen LogP contribution in [0.5, 0.6) is 0 Å². The predicted molar refractivity (Wildman–Crippen MR) is 113 cm³/mol. The number of Topliss-reactive ketones (excluding diaryl/α,β-unsaturated/α-hetero) is 1. The summed E-state index contributed by atoms with van der Waals surface area (Å²) >= 11 is 0. The molecule has 0 saturated heterocycles. The van der Waals surface area contributed by atoms with Crippen LogP contribution in [0.3, 0.4) is 0 Å². The smallest absolute Gasteiger partial charge is 0.224 e. The molecule has 0 atom stereocenters. The van der Waals surface area contributed by atoms with E-state index in [-0.39, 0.29) is 24.5 Å². The van der Waals surface area contributed by atoms with E-state index >= 15 is 0 Å². The zero-order valence-electron chi connectivity index (χ0n) is 17.1. The normalized spacial score (nSPS) is 10.6. The molecule has 4 nitrogen and oxygen atoms in total. The number of ketones is 1. The molecule has 27 heavy (non-hydrogen) atoms. The standard InChI is InChI=1S/C23H30N2O2/c1-6-25(7-2)20-10-11-21(18(5)15-20)24-23(27)13-12-22(26)19-9-8-16(3)17(4)14-19/h8-11,14-15H,6-7,12-13H2,1-5H3,(H,24,27). The van der Waals surface area contributed by atoms with Crippen LogP contribution in [0.2, 0.25) is 0 Å². The number of nitrogens with one attached hydrogen (secondary N) is 1. The summed E-state index contributed by atoms with van der Waals surface area (Å²) in [6.45, 7) is 12.1. The van der Waals surface area contributed by atoms with Gasteiger partial charge in [0.2, 0.25) is 5.91 Å². The van der Waals surface area contributed by atoms with Gasteiger partial charge in [-0.1, -0.05) is 12.1 Å². The van der Waals surface area contributed by atoms with Gasteiger partial charge < -0.3 is 10.2 Å². The summed E-state index contributed by atoms with van der Waals surface area (Å²) in [5, 5.41) is 2.93. The second-order valence-electron chi connectivity index (χ2n) is 6.94. The average Bonchev–Trinajstić information content (AvgIpc) is 2.65. The Bertz CT molecular complexity index is 823. The van der Waals surface area contributed by atoms with Gasteiger partial charge in [0, 0.05) is 42.9 Å². The van der Waals surface area contributed by atoms with Crippen LogP contribution in [-0.2, 0) is 4.79 Å². The van der Waals surface area contributed by atoms with E-state index in [1.165, 1.54) is 0 Å². The van der Waals surface area contributed by atoms with Gasteiger partial charge >= 0.3 is 0 Å². The van der Waals surface area contributed by atoms with Gasteiger partial charge in [-0.3, -0.25) is 9.59 Å². The maximum absolute atomic E-state index is 12.3. The van der Waals surface area contributed by atoms with Crippen LogP contribution in [0.4, 0.5) is 11.4 Å². The lowest BCUT2D eigenvalue weighted by Gasteiger charge is -2.22. The number of aryl methyl sites for hydroxylation is 3. The van der Waals surface area contributed by atoms with E-state index in [2.05, 4.69) is 30.1 Å². The van der Waals surface area contributed by atoms with Crippen molar-refractivity contribution in [2.24, 2.45) is 0 Å². The Morgan fingerprint density at radius 2 is 1.56 bits per heavy atom. The zero-order valence-corrected chi connectivity index (χ0v) is 17.1. The maximum atomic E-state index is 12.3. The SMILES string of the molecule is CCN(CC)c1ccc(NC(=O)CCC(=O)c2ccc(C)c(C)c2)c(C)c1. The van der Waals surface area contributed by atoms with Crippen LogP contribution in [0.15, 0.2) is 36.4 Å². The number of carbonyl (C=O) groups is 2. The quantitative estimate of drug-likeness (QED) is 0.664. The second kappa shape index (κ2) is 9.36. The van der Waals surface area contributed by atoms with Crippen molar-refractivity contribution in [2.75, 3.05) is 23.3 Å². The maximum Gasteiger partial charge on any atom is 0.224 e. The van der Waals surface area contributed by atoms with E-state index < -0.39 is 0 Å². The molecule has 0 aromatic heterocycles. The minimum atomic E-state index is -0.133. The molecule has 0 radical (unpaired) electrons. The summed E-state index contributed by atoms with van der Waals surface area (Å²) in [6.07, 6.45) is 0.397. The topological polar surface area (TPSA) is 49.4 Å². The van der Waals surface area contributed by atoms with E-state index in [1.807, 2.05) is 51.1 Å². The molecule has 1 N–H and O–H groups in total. The number of hydrogen-bond donors (Lipinski definition) is 1.